The van der Waals surface area contributed by atoms with Crippen LogP contribution in [0.2, 0.25) is 0 Å². The van der Waals surface area contributed by atoms with Crippen LogP contribution < -0.4 is 11.1 Å². The van der Waals surface area contributed by atoms with Crippen molar-refractivity contribution < 1.29 is 0 Å². The van der Waals surface area contributed by atoms with Crippen molar-refractivity contribution in [3.8, 4) is 0 Å². The first kappa shape index (κ1) is 10.3. The van der Waals surface area contributed by atoms with Crippen LogP contribution in [0, 0.1) is 3.70 Å². The lowest BCUT2D eigenvalue weighted by molar-refractivity contribution is 0.332. The summed E-state index contributed by atoms with van der Waals surface area (Å²) in [5.41, 5.74) is 6.47. The molecular weight excluding hydrogens is 293 g/mol. The quantitative estimate of drug-likeness (QED) is 0.770. The fourth-order valence-corrected chi connectivity index (χ4v) is 2.54. The largest absolute Gasteiger partial charge is 0.325 e. The molecule has 0 atom stereocenters. The molecular formula is C8H14IN5. The van der Waals surface area contributed by atoms with Gasteiger partial charge in [-0.15, -0.1) is 5.10 Å². The number of hydrogen-bond acceptors (Lipinski definition) is 4. The molecule has 0 aliphatic carbocycles. The number of aromatic nitrogens is 3. The zero-order valence-electron chi connectivity index (χ0n) is 7.91. The number of halogens is 1. The molecule has 0 bridgehead atoms. The van der Waals surface area contributed by atoms with E-state index in [0.717, 1.165) is 35.3 Å². The Morgan fingerprint density at radius 2 is 2.21 bits per heavy atom. The Balaban J connectivity index is 2.18. The van der Waals surface area contributed by atoms with Crippen molar-refractivity contribution in [3.05, 3.63) is 9.39 Å². The van der Waals surface area contributed by atoms with Gasteiger partial charge in [0, 0.05) is 6.54 Å². The lowest BCUT2D eigenvalue weighted by Gasteiger charge is -2.22. The molecule has 1 aromatic rings. The molecule has 1 aliphatic heterocycles. The Morgan fingerprint density at radius 1 is 1.50 bits per heavy atom. The molecule has 78 valence electrons. The molecule has 0 amide bonds. The maximum Gasteiger partial charge on any atom is 0.124 e. The molecule has 0 spiro atoms. The van der Waals surface area contributed by atoms with E-state index in [1.54, 1.807) is 0 Å². The minimum Gasteiger partial charge on any atom is -0.325 e. The summed E-state index contributed by atoms with van der Waals surface area (Å²) in [4.78, 5) is 0. The van der Waals surface area contributed by atoms with Crippen LogP contribution in [0.1, 0.15) is 24.6 Å². The molecule has 0 unspecified atom stereocenters. The highest BCUT2D eigenvalue weighted by Crippen LogP contribution is 2.21. The van der Waals surface area contributed by atoms with Gasteiger partial charge >= 0.3 is 0 Å². The van der Waals surface area contributed by atoms with Crippen molar-refractivity contribution in [2.75, 3.05) is 13.1 Å². The number of nitrogens with one attached hydrogen (secondary N) is 1. The Morgan fingerprint density at radius 3 is 2.79 bits per heavy atom. The summed E-state index contributed by atoms with van der Waals surface area (Å²) in [6.07, 6.45) is 2.26. The van der Waals surface area contributed by atoms with E-state index in [9.17, 15) is 0 Å². The van der Waals surface area contributed by atoms with Gasteiger partial charge in [0.05, 0.1) is 6.04 Å². The van der Waals surface area contributed by atoms with Crippen LogP contribution in [0.3, 0.4) is 0 Å². The summed E-state index contributed by atoms with van der Waals surface area (Å²) in [6.45, 7) is 2.61. The summed E-state index contributed by atoms with van der Waals surface area (Å²) < 4.78 is 3.11. The van der Waals surface area contributed by atoms with Gasteiger partial charge in [0.2, 0.25) is 0 Å². The Bertz CT molecular complexity index is 305. The molecule has 3 N–H and O–H groups in total. The highest BCUT2D eigenvalue weighted by atomic mass is 127. The van der Waals surface area contributed by atoms with E-state index in [1.807, 2.05) is 4.68 Å². The zero-order valence-corrected chi connectivity index (χ0v) is 10.1. The SMILES string of the molecule is NCc1nnn(C2CCNCC2)c1I. The third-order valence-electron chi connectivity index (χ3n) is 2.55. The Labute approximate surface area is 96.6 Å². The monoisotopic (exact) mass is 307 g/mol. The average Bonchev–Trinajstić information content (AvgIpc) is 2.61. The summed E-state index contributed by atoms with van der Waals surface area (Å²) in [5.74, 6) is 0. The molecule has 0 aromatic carbocycles. The molecule has 2 heterocycles. The fraction of sp³-hybridized carbons (Fsp3) is 0.750. The van der Waals surface area contributed by atoms with E-state index in [0.29, 0.717) is 12.6 Å². The van der Waals surface area contributed by atoms with Gasteiger partial charge in [-0.05, 0) is 48.5 Å². The second kappa shape index (κ2) is 4.54. The topological polar surface area (TPSA) is 68.8 Å². The van der Waals surface area contributed by atoms with Crippen molar-refractivity contribution in [2.24, 2.45) is 5.73 Å². The number of hydrogen-bond donors (Lipinski definition) is 2. The van der Waals surface area contributed by atoms with Gasteiger partial charge in [-0.2, -0.15) is 0 Å². The van der Waals surface area contributed by atoms with E-state index in [2.05, 4.69) is 38.2 Å². The molecule has 1 aliphatic rings. The predicted octanol–water partition coefficient (Wildman–Crippen LogP) is 0.266. The molecule has 0 saturated carbocycles. The fourth-order valence-electron chi connectivity index (χ4n) is 1.72. The number of nitrogens with zero attached hydrogens (tertiary/aromatic N) is 3. The van der Waals surface area contributed by atoms with E-state index in [4.69, 9.17) is 5.73 Å². The summed E-state index contributed by atoms with van der Waals surface area (Å²) >= 11 is 2.28. The summed E-state index contributed by atoms with van der Waals surface area (Å²) in [6, 6.07) is 0.496. The summed E-state index contributed by atoms with van der Waals surface area (Å²) in [5, 5.41) is 11.6. The van der Waals surface area contributed by atoms with Crippen LogP contribution >= 0.6 is 22.6 Å². The van der Waals surface area contributed by atoms with E-state index in [1.165, 1.54) is 0 Å². The Kier molecular flexibility index (Phi) is 3.34. The molecule has 0 radical (unpaired) electrons. The lowest BCUT2D eigenvalue weighted by Crippen LogP contribution is -2.30. The van der Waals surface area contributed by atoms with Crippen LogP contribution in [-0.2, 0) is 6.54 Å². The molecule has 14 heavy (non-hydrogen) atoms. The van der Waals surface area contributed by atoms with Gasteiger partial charge in [-0.1, -0.05) is 5.21 Å². The standard InChI is InChI=1S/C8H14IN5/c9-8-7(5-10)12-13-14(8)6-1-3-11-4-2-6/h6,11H,1-5,10H2. The molecule has 1 saturated heterocycles. The molecule has 6 heteroatoms. The van der Waals surface area contributed by atoms with Gasteiger partial charge in [-0.25, -0.2) is 4.68 Å². The molecule has 1 fully saturated rings. The van der Waals surface area contributed by atoms with Crippen LogP contribution in [-0.4, -0.2) is 28.1 Å². The van der Waals surface area contributed by atoms with Crippen LogP contribution in [0.25, 0.3) is 0 Å². The van der Waals surface area contributed by atoms with Gasteiger partial charge in [-0.3, -0.25) is 0 Å². The number of nitrogens with two attached hydrogens (primary N) is 1. The summed E-state index contributed by atoms with van der Waals surface area (Å²) in [7, 11) is 0. The number of rotatable bonds is 2. The molecule has 1 aromatic heterocycles. The maximum atomic E-state index is 5.56. The second-order valence-corrected chi connectivity index (χ2v) is 4.48. The average molecular weight is 307 g/mol. The van der Waals surface area contributed by atoms with Crippen molar-refractivity contribution >= 4 is 22.6 Å². The first-order valence-corrected chi connectivity index (χ1v) is 5.91. The predicted molar refractivity (Wildman–Crippen MR) is 61.8 cm³/mol. The van der Waals surface area contributed by atoms with Crippen LogP contribution in [0.15, 0.2) is 0 Å². The minimum atomic E-state index is 0.475. The van der Waals surface area contributed by atoms with Gasteiger partial charge < -0.3 is 11.1 Å². The van der Waals surface area contributed by atoms with Crippen LogP contribution in [0.5, 0.6) is 0 Å². The smallest absolute Gasteiger partial charge is 0.124 e. The second-order valence-electron chi connectivity index (χ2n) is 3.46. The molecule has 2 rings (SSSR count). The minimum absolute atomic E-state index is 0.475. The van der Waals surface area contributed by atoms with Gasteiger partial charge in [0.25, 0.3) is 0 Å². The first-order valence-electron chi connectivity index (χ1n) is 4.83. The first-order chi connectivity index (χ1) is 6.83. The Hall–Kier alpha value is -0.210. The number of piperidine rings is 1. The third kappa shape index (κ3) is 1.91. The normalized spacial score (nSPS) is 18.7. The van der Waals surface area contributed by atoms with E-state index >= 15 is 0 Å². The van der Waals surface area contributed by atoms with Crippen LogP contribution in [0.4, 0.5) is 0 Å². The maximum absolute atomic E-state index is 5.56. The van der Waals surface area contributed by atoms with E-state index < -0.39 is 0 Å². The zero-order chi connectivity index (χ0) is 9.97. The van der Waals surface area contributed by atoms with Gasteiger partial charge in [0.1, 0.15) is 9.39 Å². The lowest BCUT2D eigenvalue weighted by atomic mass is 10.1. The highest BCUT2D eigenvalue weighted by molar-refractivity contribution is 14.1. The van der Waals surface area contributed by atoms with Crippen molar-refractivity contribution in [1.29, 1.82) is 0 Å². The molecule has 5 nitrogen and oxygen atoms in total. The van der Waals surface area contributed by atoms with E-state index in [-0.39, 0.29) is 0 Å². The van der Waals surface area contributed by atoms with Crippen molar-refractivity contribution in [1.82, 2.24) is 20.3 Å². The van der Waals surface area contributed by atoms with Crippen molar-refractivity contribution in [2.45, 2.75) is 25.4 Å². The van der Waals surface area contributed by atoms with Crippen molar-refractivity contribution in [3.63, 3.8) is 0 Å². The van der Waals surface area contributed by atoms with Gasteiger partial charge in [0.15, 0.2) is 0 Å². The highest BCUT2D eigenvalue weighted by Gasteiger charge is 2.19. The third-order valence-corrected chi connectivity index (χ3v) is 3.67.